The molecular formula is C24H33O6P. The first-order chi connectivity index (χ1) is 15.1. The Morgan fingerprint density at radius 1 is 0.774 bits per heavy atom. The monoisotopic (exact) mass is 448 g/mol. The van der Waals surface area contributed by atoms with Crippen molar-refractivity contribution in [3.05, 3.63) is 35.9 Å². The molecule has 0 saturated carbocycles. The zero-order valence-corrected chi connectivity index (χ0v) is 20.1. The summed E-state index contributed by atoms with van der Waals surface area (Å²) in [6.07, 6.45) is 2.59. The summed E-state index contributed by atoms with van der Waals surface area (Å²) < 4.78 is 28.7. The van der Waals surface area contributed by atoms with Crippen molar-refractivity contribution in [3.63, 3.8) is 0 Å². The number of benzene rings is 2. The van der Waals surface area contributed by atoms with E-state index in [1.165, 1.54) is 0 Å². The lowest BCUT2D eigenvalue weighted by molar-refractivity contribution is 0.108. The van der Waals surface area contributed by atoms with Gasteiger partial charge < -0.3 is 23.7 Å². The van der Waals surface area contributed by atoms with Crippen LogP contribution in [0.25, 0.3) is 0 Å². The van der Waals surface area contributed by atoms with Gasteiger partial charge in [0.2, 0.25) is 0 Å². The highest BCUT2D eigenvalue weighted by Crippen LogP contribution is 2.39. The van der Waals surface area contributed by atoms with Crippen LogP contribution < -0.4 is 29.0 Å². The van der Waals surface area contributed by atoms with E-state index in [2.05, 4.69) is 6.92 Å². The molecule has 0 radical (unpaired) electrons. The molecule has 2 rings (SSSR count). The van der Waals surface area contributed by atoms with Crippen molar-refractivity contribution in [2.75, 3.05) is 34.0 Å². The van der Waals surface area contributed by atoms with Crippen LogP contribution in [-0.4, -0.2) is 39.6 Å². The van der Waals surface area contributed by atoms with Gasteiger partial charge >= 0.3 is 0 Å². The van der Waals surface area contributed by atoms with E-state index >= 15 is 0 Å². The average molecular weight is 448 g/mol. The van der Waals surface area contributed by atoms with Crippen molar-refractivity contribution in [3.8, 4) is 28.7 Å². The molecule has 0 aliphatic heterocycles. The summed E-state index contributed by atoms with van der Waals surface area (Å²) >= 11 is 0. The van der Waals surface area contributed by atoms with E-state index in [9.17, 15) is 4.79 Å². The van der Waals surface area contributed by atoms with E-state index < -0.39 is 0 Å². The lowest BCUT2D eigenvalue weighted by Crippen LogP contribution is -2.14. The predicted octanol–water partition coefficient (Wildman–Crippen LogP) is 5.21. The lowest BCUT2D eigenvalue weighted by Gasteiger charge is -2.19. The quantitative estimate of drug-likeness (QED) is 0.370. The molecule has 0 fully saturated rings. The molecule has 0 N–H and O–H groups in total. The number of rotatable bonds is 14. The summed E-state index contributed by atoms with van der Waals surface area (Å²) in [7, 11) is 2.85. The highest BCUT2D eigenvalue weighted by atomic mass is 31.1. The molecule has 0 heterocycles. The molecule has 0 aliphatic carbocycles. The SMILES string of the molecule is CCCOc1cc(OCCC)c(PC(=O)c2c(OC)cccc2OC)c(OCCC)c1. The number of methoxy groups -OCH3 is 2. The van der Waals surface area contributed by atoms with Crippen LogP contribution in [0.4, 0.5) is 0 Å². The van der Waals surface area contributed by atoms with Gasteiger partial charge in [-0.15, -0.1) is 0 Å². The van der Waals surface area contributed by atoms with Gasteiger partial charge in [0.1, 0.15) is 34.3 Å². The molecule has 31 heavy (non-hydrogen) atoms. The largest absolute Gasteiger partial charge is 0.496 e. The average Bonchev–Trinajstić information content (AvgIpc) is 2.80. The molecule has 0 saturated heterocycles. The maximum atomic E-state index is 13.4. The van der Waals surface area contributed by atoms with E-state index in [1.807, 2.05) is 26.0 Å². The van der Waals surface area contributed by atoms with E-state index in [-0.39, 0.29) is 14.1 Å². The number of hydrogen-bond donors (Lipinski definition) is 0. The Balaban J connectivity index is 2.50. The van der Waals surface area contributed by atoms with Gasteiger partial charge in [-0.25, -0.2) is 0 Å². The summed E-state index contributed by atoms with van der Waals surface area (Å²) in [6, 6.07) is 9.00. The fourth-order valence-electron chi connectivity index (χ4n) is 2.90. The van der Waals surface area contributed by atoms with Gasteiger partial charge in [-0.3, -0.25) is 4.79 Å². The van der Waals surface area contributed by atoms with Crippen LogP contribution in [0.1, 0.15) is 50.4 Å². The van der Waals surface area contributed by atoms with Gasteiger partial charge in [0.15, 0.2) is 5.52 Å². The predicted molar refractivity (Wildman–Crippen MR) is 126 cm³/mol. The van der Waals surface area contributed by atoms with Gasteiger partial charge in [-0.05, 0) is 40.0 Å². The first-order valence-corrected chi connectivity index (χ1v) is 11.7. The lowest BCUT2D eigenvalue weighted by atomic mass is 10.2. The van der Waals surface area contributed by atoms with E-state index in [0.29, 0.717) is 54.1 Å². The van der Waals surface area contributed by atoms with E-state index in [1.54, 1.807) is 32.4 Å². The number of carbonyl (C=O) groups is 1. The van der Waals surface area contributed by atoms with Crippen LogP contribution in [0.2, 0.25) is 0 Å². The minimum atomic E-state index is -0.231. The van der Waals surface area contributed by atoms with E-state index in [4.69, 9.17) is 23.7 Å². The van der Waals surface area contributed by atoms with Crippen molar-refractivity contribution in [2.24, 2.45) is 0 Å². The molecule has 7 heteroatoms. The second-order valence-corrected chi connectivity index (χ2v) is 8.04. The summed E-state index contributed by atoms with van der Waals surface area (Å²) in [4.78, 5) is 13.4. The summed E-state index contributed by atoms with van der Waals surface area (Å²) in [6.45, 7) is 7.80. The van der Waals surface area contributed by atoms with Gasteiger partial charge in [0.05, 0.1) is 39.3 Å². The Labute approximate surface area is 187 Å². The molecular weight excluding hydrogens is 415 g/mol. The summed E-state index contributed by atoms with van der Waals surface area (Å²) in [5.41, 5.74) is 0.305. The van der Waals surface area contributed by atoms with Crippen molar-refractivity contribution < 1.29 is 28.5 Å². The minimum Gasteiger partial charge on any atom is -0.496 e. The van der Waals surface area contributed by atoms with Crippen LogP contribution in [0.5, 0.6) is 28.7 Å². The Morgan fingerprint density at radius 2 is 1.26 bits per heavy atom. The molecule has 0 aromatic heterocycles. The Hall–Kier alpha value is -2.46. The zero-order chi connectivity index (χ0) is 22.6. The molecule has 0 amide bonds. The normalized spacial score (nSPS) is 10.9. The Morgan fingerprint density at radius 3 is 1.71 bits per heavy atom. The maximum Gasteiger partial charge on any atom is 0.193 e. The zero-order valence-electron chi connectivity index (χ0n) is 19.1. The highest BCUT2D eigenvalue weighted by molar-refractivity contribution is 7.66. The number of hydrogen-bond acceptors (Lipinski definition) is 6. The van der Waals surface area contributed by atoms with Gasteiger partial charge in [0, 0.05) is 12.1 Å². The topological polar surface area (TPSA) is 63.2 Å². The number of carbonyl (C=O) groups excluding carboxylic acids is 1. The molecule has 2 aromatic carbocycles. The van der Waals surface area contributed by atoms with E-state index in [0.717, 1.165) is 24.6 Å². The summed E-state index contributed by atoms with van der Waals surface area (Å²) in [5.74, 6) is 2.86. The molecule has 1 unspecified atom stereocenters. The molecule has 6 nitrogen and oxygen atoms in total. The third-order valence-electron chi connectivity index (χ3n) is 4.33. The van der Waals surface area contributed by atoms with Gasteiger partial charge in [-0.2, -0.15) is 0 Å². The van der Waals surface area contributed by atoms with Crippen LogP contribution in [0.3, 0.4) is 0 Å². The van der Waals surface area contributed by atoms with Crippen molar-refractivity contribution in [1.82, 2.24) is 0 Å². The van der Waals surface area contributed by atoms with Crippen LogP contribution in [0, 0.1) is 0 Å². The number of ether oxygens (including phenoxy) is 5. The third-order valence-corrected chi connectivity index (χ3v) is 5.55. The van der Waals surface area contributed by atoms with Crippen LogP contribution in [-0.2, 0) is 0 Å². The standard InChI is InChI=1S/C24H33O6P/c1-6-12-28-17-15-20(29-13-7-2)23(21(16-17)30-14-8-3)31-24(25)22-18(26-4)10-9-11-19(22)27-5/h9-11,15-16,31H,6-8,12-14H2,1-5H3. The molecule has 0 aliphatic rings. The van der Waals surface area contributed by atoms with Crippen molar-refractivity contribution in [2.45, 2.75) is 40.0 Å². The second-order valence-electron chi connectivity index (χ2n) is 6.83. The molecule has 2 aromatic rings. The van der Waals surface area contributed by atoms with Gasteiger partial charge in [0.25, 0.3) is 0 Å². The second kappa shape index (κ2) is 13.1. The molecule has 0 bridgehead atoms. The third kappa shape index (κ3) is 6.76. The minimum absolute atomic E-state index is 0.112. The van der Waals surface area contributed by atoms with Crippen molar-refractivity contribution >= 4 is 19.4 Å². The molecule has 170 valence electrons. The first-order valence-electron chi connectivity index (χ1n) is 10.7. The Bertz CT molecular complexity index is 801. The first kappa shape index (κ1) is 24.8. The summed E-state index contributed by atoms with van der Waals surface area (Å²) in [5, 5.41) is 0.726. The van der Waals surface area contributed by atoms with Crippen LogP contribution in [0.15, 0.2) is 30.3 Å². The fraction of sp³-hybridized carbons (Fsp3) is 0.458. The fourth-order valence-corrected chi connectivity index (χ4v) is 4.03. The molecule has 1 atom stereocenters. The molecule has 0 spiro atoms. The van der Waals surface area contributed by atoms with Crippen molar-refractivity contribution in [1.29, 1.82) is 0 Å². The Kier molecular flexibility index (Phi) is 10.5. The maximum absolute atomic E-state index is 13.4. The highest BCUT2D eigenvalue weighted by Gasteiger charge is 2.23. The van der Waals surface area contributed by atoms with Gasteiger partial charge in [-0.1, -0.05) is 26.8 Å². The smallest absolute Gasteiger partial charge is 0.193 e. The van der Waals surface area contributed by atoms with Crippen LogP contribution >= 0.6 is 8.58 Å².